The lowest BCUT2D eigenvalue weighted by Gasteiger charge is -2.25. The van der Waals surface area contributed by atoms with Crippen molar-refractivity contribution < 1.29 is 36.3 Å². The third-order valence-corrected chi connectivity index (χ3v) is 5.48. The van der Waals surface area contributed by atoms with Gasteiger partial charge >= 0.3 is 6.18 Å². The van der Waals surface area contributed by atoms with Crippen molar-refractivity contribution in [3.05, 3.63) is 53.1 Å². The lowest BCUT2D eigenvalue weighted by molar-refractivity contribution is -0.242. The highest BCUT2D eigenvalue weighted by Crippen LogP contribution is 2.33. The van der Waals surface area contributed by atoms with Crippen LogP contribution in [-0.2, 0) is 14.8 Å². The Bertz CT molecular complexity index is 1040. The number of hydrogen-bond acceptors (Lipinski definition) is 5. The fraction of sp³-hybridized carbons (Fsp3) is 0.176. The van der Waals surface area contributed by atoms with Gasteiger partial charge in [0.25, 0.3) is 15.9 Å². The molecule has 12 heteroatoms. The topological polar surface area (TPSA) is 113 Å². The molecule has 156 valence electrons. The van der Waals surface area contributed by atoms with Crippen LogP contribution in [0.1, 0.15) is 17.3 Å². The maximum atomic E-state index is 12.7. The Kier molecular flexibility index (Phi) is 6.26. The molecule has 0 radical (unpaired) electrons. The second-order valence-electron chi connectivity index (χ2n) is 6.01. The van der Waals surface area contributed by atoms with E-state index < -0.39 is 27.7 Å². The molecular formula is C17H14ClF3N2O5S. The van der Waals surface area contributed by atoms with Crippen LogP contribution in [0.4, 0.5) is 24.5 Å². The molecule has 29 heavy (non-hydrogen) atoms. The number of rotatable bonds is 6. The molecule has 0 aliphatic carbocycles. The molecule has 1 atom stereocenters. The van der Waals surface area contributed by atoms with Gasteiger partial charge < -0.3 is 10.4 Å². The zero-order valence-corrected chi connectivity index (χ0v) is 16.2. The number of hydrogen-bond donors (Lipinski definition) is 3. The van der Waals surface area contributed by atoms with Crippen molar-refractivity contribution in [2.24, 2.45) is 0 Å². The molecule has 0 aliphatic heterocycles. The van der Waals surface area contributed by atoms with E-state index in [2.05, 4.69) is 4.72 Å². The predicted molar refractivity (Wildman–Crippen MR) is 99.4 cm³/mol. The number of carbonyl (C=O) groups is 2. The highest BCUT2D eigenvalue weighted by molar-refractivity contribution is 7.92. The Morgan fingerprint density at radius 2 is 1.72 bits per heavy atom. The van der Waals surface area contributed by atoms with E-state index in [1.807, 2.05) is 5.32 Å². The van der Waals surface area contributed by atoms with Gasteiger partial charge in [0.15, 0.2) is 0 Å². The number of halogens is 4. The summed E-state index contributed by atoms with van der Waals surface area (Å²) in [5, 5.41) is 10.8. The molecule has 1 unspecified atom stereocenters. The molecule has 0 aromatic heterocycles. The van der Waals surface area contributed by atoms with E-state index >= 15 is 0 Å². The molecule has 0 bridgehead atoms. The van der Waals surface area contributed by atoms with Gasteiger partial charge in [0.1, 0.15) is 6.29 Å². The molecule has 0 fully saturated rings. The van der Waals surface area contributed by atoms with Crippen LogP contribution in [-0.4, -0.2) is 37.5 Å². The van der Waals surface area contributed by atoms with Gasteiger partial charge in [-0.3, -0.25) is 14.3 Å². The van der Waals surface area contributed by atoms with E-state index in [0.717, 1.165) is 18.2 Å². The summed E-state index contributed by atoms with van der Waals surface area (Å²) in [7, 11) is -4.12. The second-order valence-corrected chi connectivity index (χ2v) is 8.10. The van der Waals surface area contributed by atoms with Crippen LogP contribution in [0, 0.1) is 0 Å². The molecule has 0 saturated carbocycles. The predicted octanol–water partition coefficient (Wildman–Crippen LogP) is 3.21. The van der Waals surface area contributed by atoms with Gasteiger partial charge in [0.05, 0.1) is 15.6 Å². The van der Waals surface area contributed by atoms with Gasteiger partial charge in [0.2, 0.25) is 5.60 Å². The summed E-state index contributed by atoms with van der Waals surface area (Å²) in [4.78, 5) is 22.0. The van der Waals surface area contributed by atoms with Gasteiger partial charge in [-0.2, -0.15) is 13.2 Å². The van der Waals surface area contributed by atoms with Crippen LogP contribution in [0.2, 0.25) is 5.02 Å². The van der Waals surface area contributed by atoms with Crippen molar-refractivity contribution in [3.8, 4) is 0 Å². The summed E-state index contributed by atoms with van der Waals surface area (Å²) >= 11 is 5.88. The fourth-order valence-electron chi connectivity index (χ4n) is 1.98. The first kappa shape index (κ1) is 22.7. The van der Waals surface area contributed by atoms with Crippen LogP contribution in [0.3, 0.4) is 0 Å². The number of carbonyl (C=O) groups excluding carboxylic acids is 2. The van der Waals surface area contributed by atoms with Gasteiger partial charge in [-0.05, 0) is 49.4 Å². The van der Waals surface area contributed by atoms with Crippen molar-refractivity contribution in [1.29, 1.82) is 0 Å². The van der Waals surface area contributed by atoms with E-state index in [4.69, 9.17) is 11.6 Å². The number of anilines is 2. The minimum atomic E-state index is -5.23. The molecule has 0 heterocycles. The molecule has 3 N–H and O–H groups in total. The maximum absolute atomic E-state index is 12.7. The van der Waals surface area contributed by atoms with Crippen LogP contribution in [0.5, 0.6) is 0 Å². The Labute approximate surface area is 168 Å². The van der Waals surface area contributed by atoms with Crippen molar-refractivity contribution in [3.63, 3.8) is 0 Å². The summed E-state index contributed by atoms with van der Waals surface area (Å²) in [6.45, 7) is 0.273. The van der Waals surface area contributed by atoms with E-state index in [9.17, 15) is 36.3 Å². The highest BCUT2D eigenvalue weighted by atomic mass is 35.5. The largest absolute Gasteiger partial charge is 0.426 e. The third kappa shape index (κ3) is 5.05. The monoisotopic (exact) mass is 450 g/mol. The minimum Gasteiger partial charge on any atom is -0.373 e. The first-order valence-corrected chi connectivity index (χ1v) is 9.62. The lowest BCUT2D eigenvalue weighted by Crippen LogP contribution is -2.52. The van der Waals surface area contributed by atoms with Gasteiger partial charge in [-0.15, -0.1) is 0 Å². The first-order chi connectivity index (χ1) is 13.3. The normalized spacial score (nSPS) is 14.0. The molecule has 2 rings (SSSR count). The Morgan fingerprint density at radius 1 is 1.14 bits per heavy atom. The van der Waals surface area contributed by atoms with Crippen molar-refractivity contribution in [2.75, 3.05) is 10.0 Å². The Morgan fingerprint density at radius 3 is 2.21 bits per heavy atom. The molecule has 1 amide bonds. The third-order valence-electron chi connectivity index (χ3n) is 3.79. The first-order valence-electron chi connectivity index (χ1n) is 7.76. The average molecular weight is 451 g/mol. The second kappa shape index (κ2) is 8.01. The number of alkyl halides is 3. The zero-order chi connectivity index (χ0) is 22.0. The molecule has 7 nitrogen and oxygen atoms in total. The molecule has 0 aliphatic rings. The van der Waals surface area contributed by atoms with Crippen LogP contribution in [0.15, 0.2) is 47.4 Å². The van der Waals surface area contributed by atoms with E-state index in [1.165, 1.54) is 24.3 Å². The standard InChI is InChI=1S/C17H14ClF3N2O5S/c1-16(26,17(19,20)21)15(25)22-14-7-6-12(8-13(14)18)29(27,28)23-11-4-2-10(9-24)3-5-11/h2-9,23,26H,1H3,(H,22,25). The average Bonchev–Trinajstić information content (AvgIpc) is 2.62. The van der Waals surface area contributed by atoms with Crippen LogP contribution in [0.25, 0.3) is 0 Å². The molecule has 2 aromatic carbocycles. The number of amides is 1. The Hall–Kier alpha value is -2.63. The smallest absolute Gasteiger partial charge is 0.373 e. The summed E-state index contributed by atoms with van der Waals surface area (Å²) in [5.41, 5.74) is -3.50. The molecule has 2 aromatic rings. The summed E-state index contributed by atoms with van der Waals surface area (Å²) < 4.78 is 65.2. The fourth-order valence-corrected chi connectivity index (χ4v) is 3.36. The van der Waals surface area contributed by atoms with Crippen LogP contribution >= 0.6 is 11.6 Å². The Balaban J connectivity index is 2.23. The molecule has 0 saturated heterocycles. The number of aldehydes is 1. The van der Waals surface area contributed by atoms with Crippen molar-refractivity contribution >= 4 is 45.2 Å². The highest BCUT2D eigenvalue weighted by Gasteiger charge is 2.55. The maximum Gasteiger partial charge on any atom is 0.426 e. The number of sulfonamides is 1. The van der Waals surface area contributed by atoms with Crippen molar-refractivity contribution in [2.45, 2.75) is 23.6 Å². The number of aliphatic hydroxyl groups is 1. The summed E-state index contributed by atoms with van der Waals surface area (Å²) in [6, 6.07) is 8.41. The van der Waals surface area contributed by atoms with E-state index in [0.29, 0.717) is 11.8 Å². The van der Waals surface area contributed by atoms with Crippen molar-refractivity contribution in [1.82, 2.24) is 0 Å². The summed E-state index contributed by atoms with van der Waals surface area (Å²) in [5.74, 6) is -1.78. The number of nitrogens with one attached hydrogen (secondary N) is 2. The van der Waals surface area contributed by atoms with E-state index in [-0.39, 0.29) is 28.2 Å². The van der Waals surface area contributed by atoms with E-state index in [1.54, 1.807) is 0 Å². The lowest BCUT2D eigenvalue weighted by atomic mass is 10.1. The SMILES string of the molecule is CC(O)(C(=O)Nc1ccc(S(=O)(=O)Nc2ccc(C=O)cc2)cc1Cl)C(F)(F)F. The van der Waals surface area contributed by atoms with Gasteiger partial charge in [-0.1, -0.05) is 11.6 Å². The quantitative estimate of drug-likeness (QED) is 0.585. The minimum absolute atomic E-state index is 0.158. The van der Waals surface area contributed by atoms with Gasteiger partial charge in [0, 0.05) is 11.3 Å². The molecular weight excluding hydrogens is 437 g/mol. The summed E-state index contributed by atoms with van der Waals surface area (Å²) in [6.07, 6.45) is -4.64. The molecule has 0 spiro atoms. The van der Waals surface area contributed by atoms with Crippen LogP contribution < -0.4 is 10.0 Å². The van der Waals surface area contributed by atoms with Gasteiger partial charge in [-0.25, -0.2) is 8.42 Å². The zero-order valence-electron chi connectivity index (χ0n) is 14.6. The number of benzene rings is 2.